The fraction of sp³-hybridized carbons (Fsp3) is 0.250. The first kappa shape index (κ1) is 15.4. The van der Waals surface area contributed by atoms with Crippen molar-refractivity contribution in [3.63, 3.8) is 0 Å². The number of benzene rings is 1. The Kier molecular flexibility index (Phi) is 5.22. The van der Waals surface area contributed by atoms with Gasteiger partial charge < -0.3 is 10.2 Å². The number of aromatic carboxylic acids is 1. The summed E-state index contributed by atoms with van der Waals surface area (Å²) in [6.07, 6.45) is 1.40. The first-order chi connectivity index (χ1) is 8.93. The third-order valence-corrected chi connectivity index (χ3v) is 4.26. The molecular formula is C12H15NO5S. The van der Waals surface area contributed by atoms with Gasteiger partial charge in [0.1, 0.15) is 0 Å². The lowest BCUT2D eigenvalue weighted by molar-refractivity contribution is 0.0696. The van der Waals surface area contributed by atoms with Gasteiger partial charge in [0.2, 0.25) is 10.0 Å². The Hall–Kier alpha value is -1.70. The molecule has 0 aliphatic rings. The molecule has 0 aliphatic heterocycles. The number of hydrogen-bond donors (Lipinski definition) is 2. The average molecular weight is 285 g/mol. The van der Waals surface area contributed by atoms with E-state index in [0.717, 1.165) is 10.4 Å². The third kappa shape index (κ3) is 3.63. The van der Waals surface area contributed by atoms with Crippen molar-refractivity contribution in [2.75, 3.05) is 19.7 Å². The molecule has 1 aromatic rings. The normalized spacial score (nSPS) is 11.5. The predicted molar refractivity (Wildman–Crippen MR) is 69.4 cm³/mol. The molecule has 0 atom stereocenters. The molecule has 7 heteroatoms. The number of carboxylic acids is 1. The van der Waals surface area contributed by atoms with Gasteiger partial charge in [0.05, 0.1) is 17.1 Å². The second-order valence-corrected chi connectivity index (χ2v) is 5.65. The van der Waals surface area contributed by atoms with Gasteiger partial charge >= 0.3 is 5.97 Å². The van der Waals surface area contributed by atoms with Gasteiger partial charge in [-0.3, -0.25) is 0 Å². The highest BCUT2D eigenvalue weighted by Gasteiger charge is 2.23. The van der Waals surface area contributed by atoms with Crippen molar-refractivity contribution in [2.24, 2.45) is 0 Å². The minimum Gasteiger partial charge on any atom is -0.478 e. The Morgan fingerprint density at radius 2 is 2.11 bits per heavy atom. The Bertz CT molecular complexity index is 567. The van der Waals surface area contributed by atoms with Crippen LogP contribution in [-0.4, -0.2) is 48.6 Å². The zero-order chi connectivity index (χ0) is 14.5. The van der Waals surface area contributed by atoms with E-state index in [1.54, 1.807) is 0 Å². The van der Waals surface area contributed by atoms with Crippen LogP contribution in [0.3, 0.4) is 0 Å². The van der Waals surface area contributed by atoms with E-state index in [2.05, 4.69) is 6.58 Å². The van der Waals surface area contributed by atoms with Crippen LogP contribution in [0.15, 0.2) is 41.8 Å². The Morgan fingerprint density at radius 1 is 1.42 bits per heavy atom. The van der Waals surface area contributed by atoms with Gasteiger partial charge in [-0.2, -0.15) is 4.31 Å². The molecule has 0 fully saturated rings. The lowest BCUT2D eigenvalue weighted by Crippen LogP contribution is -2.33. The summed E-state index contributed by atoms with van der Waals surface area (Å²) in [6, 6.07) is 5.08. The molecule has 0 aromatic heterocycles. The van der Waals surface area contributed by atoms with E-state index in [-0.39, 0.29) is 30.2 Å². The first-order valence-corrected chi connectivity index (χ1v) is 6.92. The topological polar surface area (TPSA) is 94.9 Å². The third-order valence-electron chi connectivity index (χ3n) is 2.40. The first-order valence-electron chi connectivity index (χ1n) is 5.48. The number of nitrogens with zero attached hydrogens (tertiary/aromatic N) is 1. The van der Waals surface area contributed by atoms with Crippen molar-refractivity contribution in [1.29, 1.82) is 0 Å². The molecule has 0 unspecified atom stereocenters. The minimum absolute atomic E-state index is 0.0419. The summed E-state index contributed by atoms with van der Waals surface area (Å²) in [5.74, 6) is -1.20. The van der Waals surface area contributed by atoms with Crippen LogP contribution in [0, 0.1) is 0 Å². The van der Waals surface area contributed by atoms with Crippen molar-refractivity contribution < 1.29 is 23.4 Å². The quantitative estimate of drug-likeness (QED) is 0.714. The number of aliphatic hydroxyl groups is 1. The molecule has 1 rings (SSSR count). The van der Waals surface area contributed by atoms with Crippen LogP contribution in [-0.2, 0) is 10.0 Å². The molecule has 0 heterocycles. The number of hydrogen-bond acceptors (Lipinski definition) is 4. The maximum atomic E-state index is 12.3. The molecule has 0 aliphatic carbocycles. The number of sulfonamides is 1. The Balaban J connectivity index is 3.20. The largest absolute Gasteiger partial charge is 0.478 e. The van der Waals surface area contributed by atoms with Gasteiger partial charge in [0, 0.05) is 13.1 Å². The van der Waals surface area contributed by atoms with E-state index >= 15 is 0 Å². The highest BCUT2D eigenvalue weighted by atomic mass is 32.2. The summed E-state index contributed by atoms with van der Waals surface area (Å²) < 4.78 is 25.6. The van der Waals surface area contributed by atoms with Crippen molar-refractivity contribution in [3.05, 3.63) is 42.5 Å². The number of aliphatic hydroxyl groups excluding tert-OH is 1. The molecule has 2 N–H and O–H groups in total. The van der Waals surface area contributed by atoms with Crippen LogP contribution in [0.4, 0.5) is 0 Å². The van der Waals surface area contributed by atoms with E-state index in [1.807, 2.05) is 0 Å². The lowest BCUT2D eigenvalue weighted by Gasteiger charge is -2.19. The van der Waals surface area contributed by atoms with Crippen LogP contribution in [0.2, 0.25) is 0 Å². The molecule has 0 saturated carbocycles. The summed E-state index contributed by atoms with van der Waals surface area (Å²) in [7, 11) is -3.84. The molecule has 0 radical (unpaired) electrons. The standard InChI is InChI=1S/C12H15NO5S/c1-2-6-13(7-8-14)19(17,18)11-5-3-4-10(9-11)12(15)16/h2-5,9,14H,1,6-8H2,(H,15,16). The average Bonchev–Trinajstić information content (AvgIpc) is 2.38. The maximum Gasteiger partial charge on any atom is 0.335 e. The SMILES string of the molecule is C=CCN(CCO)S(=O)(=O)c1cccc(C(=O)O)c1. The summed E-state index contributed by atoms with van der Waals surface area (Å²) in [6.45, 7) is 3.09. The summed E-state index contributed by atoms with van der Waals surface area (Å²) in [5.41, 5.74) is -0.108. The van der Waals surface area contributed by atoms with Crippen molar-refractivity contribution in [3.8, 4) is 0 Å². The second kappa shape index (κ2) is 6.46. The predicted octanol–water partition coefficient (Wildman–Crippen LogP) is 0.554. The van der Waals surface area contributed by atoms with E-state index in [4.69, 9.17) is 10.2 Å². The van der Waals surface area contributed by atoms with Gasteiger partial charge in [-0.1, -0.05) is 12.1 Å². The lowest BCUT2D eigenvalue weighted by atomic mass is 10.2. The molecule has 0 saturated heterocycles. The van der Waals surface area contributed by atoms with Crippen molar-refractivity contribution in [2.45, 2.75) is 4.90 Å². The molecule has 0 spiro atoms. The molecule has 104 valence electrons. The van der Waals surface area contributed by atoms with E-state index < -0.39 is 16.0 Å². The van der Waals surface area contributed by atoms with E-state index in [9.17, 15) is 13.2 Å². The van der Waals surface area contributed by atoms with Gasteiger partial charge in [-0.15, -0.1) is 6.58 Å². The molecule has 19 heavy (non-hydrogen) atoms. The van der Waals surface area contributed by atoms with Crippen LogP contribution < -0.4 is 0 Å². The maximum absolute atomic E-state index is 12.3. The van der Waals surface area contributed by atoms with Gasteiger partial charge in [0.25, 0.3) is 0 Å². The van der Waals surface area contributed by atoms with Crippen LogP contribution >= 0.6 is 0 Å². The Labute approximate surface area is 111 Å². The van der Waals surface area contributed by atoms with Gasteiger partial charge in [0.15, 0.2) is 0 Å². The van der Waals surface area contributed by atoms with E-state index in [0.29, 0.717) is 0 Å². The molecule has 0 amide bonds. The second-order valence-electron chi connectivity index (χ2n) is 3.71. The van der Waals surface area contributed by atoms with Gasteiger partial charge in [-0.25, -0.2) is 13.2 Å². The number of rotatable bonds is 7. The highest BCUT2D eigenvalue weighted by molar-refractivity contribution is 7.89. The van der Waals surface area contributed by atoms with Crippen molar-refractivity contribution in [1.82, 2.24) is 4.31 Å². The summed E-state index contributed by atoms with van der Waals surface area (Å²) >= 11 is 0. The highest BCUT2D eigenvalue weighted by Crippen LogP contribution is 2.17. The summed E-state index contributed by atoms with van der Waals surface area (Å²) in [5, 5.41) is 17.7. The smallest absolute Gasteiger partial charge is 0.335 e. The van der Waals surface area contributed by atoms with Crippen LogP contribution in [0.1, 0.15) is 10.4 Å². The summed E-state index contributed by atoms with van der Waals surface area (Å²) in [4.78, 5) is 10.7. The number of carboxylic acid groups (broad SMARTS) is 1. The zero-order valence-electron chi connectivity index (χ0n) is 10.2. The van der Waals surface area contributed by atoms with E-state index in [1.165, 1.54) is 24.3 Å². The Morgan fingerprint density at radius 3 is 2.63 bits per heavy atom. The molecule has 0 bridgehead atoms. The monoisotopic (exact) mass is 285 g/mol. The van der Waals surface area contributed by atoms with Gasteiger partial charge in [-0.05, 0) is 18.2 Å². The van der Waals surface area contributed by atoms with Crippen LogP contribution in [0.5, 0.6) is 0 Å². The van der Waals surface area contributed by atoms with Crippen molar-refractivity contribution >= 4 is 16.0 Å². The zero-order valence-corrected chi connectivity index (χ0v) is 11.0. The molecular weight excluding hydrogens is 270 g/mol. The number of carbonyl (C=O) groups is 1. The fourth-order valence-electron chi connectivity index (χ4n) is 1.50. The molecule has 6 nitrogen and oxygen atoms in total. The fourth-order valence-corrected chi connectivity index (χ4v) is 2.95. The molecule has 1 aromatic carbocycles. The van der Waals surface area contributed by atoms with Crippen LogP contribution in [0.25, 0.3) is 0 Å². The minimum atomic E-state index is -3.84.